The zero-order chi connectivity index (χ0) is 17.4. The fourth-order valence-electron chi connectivity index (χ4n) is 1.99. The monoisotopic (exact) mass is 345 g/mol. The highest BCUT2D eigenvalue weighted by molar-refractivity contribution is 8.00. The molecule has 0 saturated heterocycles. The molecule has 1 atom stereocenters. The van der Waals surface area contributed by atoms with E-state index in [0.29, 0.717) is 18.2 Å². The molecule has 2 rings (SSSR count). The van der Waals surface area contributed by atoms with Crippen LogP contribution in [-0.4, -0.2) is 33.2 Å². The molecule has 0 spiro atoms. The van der Waals surface area contributed by atoms with Gasteiger partial charge in [0, 0.05) is 13.1 Å². The van der Waals surface area contributed by atoms with E-state index in [1.807, 2.05) is 30.3 Å². The maximum Gasteiger partial charge on any atom is 0.321 e. The van der Waals surface area contributed by atoms with Gasteiger partial charge in [0.2, 0.25) is 5.91 Å². The molecule has 24 heavy (non-hydrogen) atoms. The lowest BCUT2D eigenvalue weighted by Gasteiger charge is -2.16. The largest absolute Gasteiger partial charge is 0.338 e. The minimum absolute atomic E-state index is 0.412. The van der Waals surface area contributed by atoms with Crippen LogP contribution in [0.5, 0.6) is 0 Å². The van der Waals surface area contributed by atoms with Crippen LogP contribution in [0.2, 0.25) is 0 Å². The Labute approximate surface area is 144 Å². The summed E-state index contributed by atoms with van der Waals surface area (Å²) in [4.78, 5) is 24.2. The van der Waals surface area contributed by atoms with E-state index in [-0.39, 0.29) is 0 Å². The molecular formula is C16H19N5O2S. The average Bonchev–Trinajstić information content (AvgIpc) is 3.01. The Balaban J connectivity index is 2.23. The summed E-state index contributed by atoms with van der Waals surface area (Å²) >= 11 is 1.23. The highest BCUT2D eigenvalue weighted by Gasteiger charge is 2.25. The van der Waals surface area contributed by atoms with Gasteiger partial charge < -0.3 is 9.88 Å². The number of rotatable bonds is 7. The van der Waals surface area contributed by atoms with Crippen LogP contribution >= 0.6 is 11.8 Å². The van der Waals surface area contributed by atoms with Crippen molar-refractivity contribution in [3.05, 3.63) is 54.9 Å². The molecule has 0 aliphatic heterocycles. The lowest BCUT2D eigenvalue weighted by molar-refractivity contribution is -0.119. The number of hydrogen-bond acceptors (Lipinski definition) is 5. The minimum atomic E-state index is -0.624. The normalized spacial score (nSPS) is 11.5. The second kappa shape index (κ2) is 8.88. The average molecular weight is 345 g/mol. The number of amides is 3. The number of thioether (sulfide) groups is 1. The van der Waals surface area contributed by atoms with Crippen molar-refractivity contribution in [1.82, 2.24) is 25.4 Å². The Morgan fingerprint density at radius 1 is 1.38 bits per heavy atom. The van der Waals surface area contributed by atoms with Crippen molar-refractivity contribution in [2.24, 2.45) is 0 Å². The number of aromatic nitrogens is 3. The number of allylic oxidation sites excluding steroid dienone is 1. The highest BCUT2D eigenvalue weighted by Crippen LogP contribution is 2.34. The van der Waals surface area contributed by atoms with Gasteiger partial charge in [0.05, 0.1) is 0 Å². The quantitative estimate of drug-likeness (QED) is 0.593. The highest BCUT2D eigenvalue weighted by atomic mass is 32.2. The number of nitrogens with zero attached hydrogens (tertiary/aromatic N) is 3. The molecule has 8 heteroatoms. The Bertz CT molecular complexity index is 702. The van der Waals surface area contributed by atoms with Crippen LogP contribution < -0.4 is 10.6 Å². The fraction of sp³-hybridized carbons (Fsp3) is 0.250. The van der Waals surface area contributed by atoms with Crippen molar-refractivity contribution in [2.45, 2.75) is 23.9 Å². The van der Waals surface area contributed by atoms with E-state index in [4.69, 9.17) is 0 Å². The first kappa shape index (κ1) is 17.7. The van der Waals surface area contributed by atoms with Crippen LogP contribution in [0.3, 0.4) is 0 Å². The third-order valence-electron chi connectivity index (χ3n) is 3.04. The number of benzene rings is 1. The molecule has 1 aromatic carbocycles. The van der Waals surface area contributed by atoms with Crippen LogP contribution in [-0.2, 0) is 11.3 Å². The van der Waals surface area contributed by atoms with Crippen LogP contribution in [0.4, 0.5) is 4.79 Å². The Morgan fingerprint density at radius 2 is 2.12 bits per heavy atom. The van der Waals surface area contributed by atoms with E-state index >= 15 is 0 Å². The van der Waals surface area contributed by atoms with Gasteiger partial charge in [-0.25, -0.2) is 4.79 Å². The molecule has 0 aliphatic carbocycles. The number of imide groups is 1. The van der Waals surface area contributed by atoms with Crippen LogP contribution in [0, 0.1) is 0 Å². The first-order valence-corrected chi connectivity index (χ1v) is 8.32. The third kappa shape index (κ3) is 4.69. The molecule has 0 saturated carbocycles. The Morgan fingerprint density at radius 3 is 2.79 bits per heavy atom. The Hall–Kier alpha value is -2.61. The summed E-state index contributed by atoms with van der Waals surface area (Å²) in [7, 11) is 0. The molecule has 1 heterocycles. The predicted octanol–water partition coefficient (Wildman–Crippen LogP) is 2.14. The van der Waals surface area contributed by atoms with E-state index < -0.39 is 17.2 Å². The molecule has 1 aromatic heterocycles. The Kier molecular flexibility index (Phi) is 6.56. The maximum atomic E-state index is 12.6. The number of carbonyl (C=O) groups is 2. The summed E-state index contributed by atoms with van der Waals surface area (Å²) in [5.74, 6) is -0.412. The van der Waals surface area contributed by atoms with Crippen LogP contribution in [0.25, 0.3) is 0 Å². The van der Waals surface area contributed by atoms with Gasteiger partial charge in [0.15, 0.2) is 5.16 Å². The summed E-state index contributed by atoms with van der Waals surface area (Å²) in [6.07, 6.45) is 3.30. The first-order valence-electron chi connectivity index (χ1n) is 7.44. The summed E-state index contributed by atoms with van der Waals surface area (Å²) in [5.41, 5.74) is 0.775. The number of carbonyl (C=O) groups excluding carboxylic acids is 2. The zero-order valence-electron chi connectivity index (χ0n) is 13.3. The summed E-state index contributed by atoms with van der Waals surface area (Å²) < 4.78 is 1.78. The number of nitrogens with one attached hydrogen (secondary N) is 2. The second-order valence-electron chi connectivity index (χ2n) is 4.81. The molecule has 0 fully saturated rings. The lowest BCUT2D eigenvalue weighted by Crippen LogP contribution is -2.41. The summed E-state index contributed by atoms with van der Waals surface area (Å²) in [5, 5.41) is 12.8. The predicted molar refractivity (Wildman–Crippen MR) is 92.5 cm³/mol. The third-order valence-corrected chi connectivity index (χ3v) is 4.29. The maximum absolute atomic E-state index is 12.6. The minimum Gasteiger partial charge on any atom is -0.338 e. The van der Waals surface area contributed by atoms with Crippen molar-refractivity contribution < 1.29 is 9.59 Å². The van der Waals surface area contributed by atoms with E-state index in [1.54, 1.807) is 23.9 Å². The smallest absolute Gasteiger partial charge is 0.321 e. The van der Waals surface area contributed by atoms with Crippen molar-refractivity contribution in [3.8, 4) is 0 Å². The van der Waals surface area contributed by atoms with Gasteiger partial charge in [0.25, 0.3) is 0 Å². The van der Waals surface area contributed by atoms with Gasteiger partial charge in [-0.05, 0) is 12.5 Å². The van der Waals surface area contributed by atoms with E-state index in [2.05, 4.69) is 27.4 Å². The first-order chi connectivity index (χ1) is 11.7. The number of urea groups is 1. The molecule has 0 radical (unpaired) electrons. The summed E-state index contributed by atoms with van der Waals surface area (Å²) in [6, 6.07) is 8.71. The molecule has 1 unspecified atom stereocenters. The van der Waals surface area contributed by atoms with Crippen molar-refractivity contribution >= 4 is 23.7 Å². The molecule has 7 nitrogen and oxygen atoms in total. The lowest BCUT2D eigenvalue weighted by atomic mass is 10.1. The van der Waals surface area contributed by atoms with Crippen LogP contribution in [0.1, 0.15) is 17.7 Å². The van der Waals surface area contributed by atoms with Gasteiger partial charge in [-0.1, -0.05) is 48.2 Å². The van der Waals surface area contributed by atoms with Crippen molar-refractivity contribution in [3.63, 3.8) is 0 Å². The molecular weight excluding hydrogens is 326 g/mol. The second-order valence-corrected chi connectivity index (χ2v) is 5.88. The van der Waals surface area contributed by atoms with Crippen molar-refractivity contribution in [1.29, 1.82) is 0 Å². The van der Waals surface area contributed by atoms with Crippen molar-refractivity contribution in [2.75, 3.05) is 6.54 Å². The van der Waals surface area contributed by atoms with Gasteiger partial charge in [-0.2, -0.15) is 0 Å². The molecule has 2 N–H and O–H groups in total. The number of hydrogen-bond donors (Lipinski definition) is 2. The van der Waals surface area contributed by atoms with Gasteiger partial charge in [-0.15, -0.1) is 16.8 Å². The SMILES string of the molecule is C=CCn1cnnc1SC(C(=O)NC(=O)NCC)c1ccccc1. The molecule has 126 valence electrons. The topological polar surface area (TPSA) is 88.9 Å². The van der Waals surface area contributed by atoms with Gasteiger partial charge >= 0.3 is 6.03 Å². The van der Waals surface area contributed by atoms with E-state index in [0.717, 1.165) is 5.56 Å². The standard InChI is InChI=1S/C16H19N5O2S/c1-3-10-21-11-18-20-16(21)24-13(12-8-6-5-7-9-12)14(22)19-15(23)17-4-2/h3,5-9,11,13H,1,4,10H2,2H3,(H2,17,19,22,23). The molecule has 0 aliphatic rings. The van der Waals surface area contributed by atoms with E-state index in [1.165, 1.54) is 11.8 Å². The molecule has 0 bridgehead atoms. The van der Waals surface area contributed by atoms with E-state index in [9.17, 15) is 9.59 Å². The fourth-order valence-corrected chi connectivity index (χ4v) is 3.01. The molecule has 3 amide bonds. The van der Waals surface area contributed by atoms with Gasteiger partial charge in [-0.3, -0.25) is 10.1 Å². The summed E-state index contributed by atoms with van der Waals surface area (Å²) in [6.45, 7) is 6.45. The van der Waals surface area contributed by atoms with Gasteiger partial charge in [0.1, 0.15) is 11.6 Å². The van der Waals surface area contributed by atoms with Crippen LogP contribution in [0.15, 0.2) is 54.5 Å². The zero-order valence-corrected chi connectivity index (χ0v) is 14.1. The molecule has 2 aromatic rings.